The van der Waals surface area contributed by atoms with Crippen LogP contribution in [0.1, 0.15) is 24.0 Å². The van der Waals surface area contributed by atoms with Crippen LogP contribution in [0, 0.1) is 0 Å². The van der Waals surface area contributed by atoms with E-state index in [1.165, 1.54) is 53.9 Å². The van der Waals surface area contributed by atoms with E-state index in [9.17, 15) is 0 Å². The zero-order chi connectivity index (χ0) is 11.9. The van der Waals surface area contributed by atoms with Gasteiger partial charge in [-0.2, -0.15) is 0 Å². The summed E-state index contributed by atoms with van der Waals surface area (Å²) >= 11 is 0. The van der Waals surface area contributed by atoms with E-state index < -0.39 is 0 Å². The predicted molar refractivity (Wildman–Crippen MR) is 76.1 cm³/mol. The molecule has 90 valence electrons. The third-order valence-electron chi connectivity index (χ3n) is 4.25. The molecule has 0 atom stereocenters. The zero-order valence-corrected chi connectivity index (χ0v) is 10.5. The Bertz CT molecular complexity index is 594. The molecule has 0 N–H and O–H groups in total. The van der Waals surface area contributed by atoms with Crippen LogP contribution < -0.4 is 4.90 Å². The summed E-state index contributed by atoms with van der Waals surface area (Å²) in [4.78, 5) is 2.52. The van der Waals surface area contributed by atoms with Crippen molar-refractivity contribution in [2.75, 3.05) is 18.0 Å². The summed E-state index contributed by atoms with van der Waals surface area (Å²) in [5.41, 5.74) is 7.26. The summed E-state index contributed by atoms with van der Waals surface area (Å²) in [6, 6.07) is 15.8. The minimum absolute atomic E-state index is 1.10. The number of fused-ring (bicyclic) bond motifs is 3. The maximum atomic E-state index is 2.52. The normalized spacial score (nSPS) is 16.8. The molecule has 1 heteroatoms. The van der Waals surface area contributed by atoms with Gasteiger partial charge in [-0.05, 0) is 53.6 Å². The summed E-state index contributed by atoms with van der Waals surface area (Å²) in [6.07, 6.45) is 3.79. The Hall–Kier alpha value is -1.76. The molecule has 1 saturated heterocycles. The van der Waals surface area contributed by atoms with Crippen LogP contribution in [0.2, 0.25) is 0 Å². The van der Waals surface area contributed by atoms with Crippen LogP contribution in [0.4, 0.5) is 5.69 Å². The largest absolute Gasteiger partial charge is 0.372 e. The Kier molecular flexibility index (Phi) is 2.19. The third-order valence-corrected chi connectivity index (χ3v) is 4.25. The smallest absolute Gasteiger partial charge is 0.0369 e. The van der Waals surface area contributed by atoms with Crippen LogP contribution in [0.5, 0.6) is 0 Å². The minimum Gasteiger partial charge on any atom is -0.372 e. The summed E-state index contributed by atoms with van der Waals surface area (Å²) in [6.45, 7) is 2.46. The molecule has 2 aromatic carbocycles. The Morgan fingerprint density at radius 1 is 0.778 bits per heavy atom. The number of hydrogen-bond acceptors (Lipinski definition) is 1. The van der Waals surface area contributed by atoms with Crippen molar-refractivity contribution in [1.82, 2.24) is 0 Å². The van der Waals surface area contributed by atoms with Gasteiger partial charge < -0.3 is 4.90 Å². The lowest BCUT2D eigenvalue weighted by molar-refractivity contribution is 0.949. The first-order chi connectivity index (χ1) is 8.92. The monoisotopic (exact) mass is 235 g/mol. The fourth-order valence-corrected chi connectivity index (χ4v) is 3.30. The van der Waals surface area contributed by atoms with Gasteiger partial charge in [0.25, 0.3) is 0 Å². The minimum atomic E-state index is 1.10. The molecule has 2 aromatic rings. The molecule has 1 aliphatic heterocycles. The third kappa shape index (κ3) is 1.47. The second-order valence-electron chi connectivity index (χ2n) is 5.37. The predicted octanol–water partition coefficient (Wildman–Crippen LogP) is 3.86. The molecule has 1 fully saturated rings. The lowest BCUT2D eigenvalue weighted by atomic mass is 10.1. The highest BCUT2D eigenvalue weighted by atomic mass is 15.1. The van der Waals surface area contributed by atoms with E-state index in [0.717, 1.165) is 6.42 Å². The van der Waals surface area contributed by atoms with Crippen molar-refractivity contribution in [1.29, 1.82) is 0 Å². The van der Waals surface area contributed by atoms with Gasteiger partial charge in [-0.3, -0.25) is 0 Å². The Labute approximate surface area is 108 Å². The number of nitrogens with zero attached hydrogens (tertiary/aromatic N) is 1. The van der Waals surface area contributed by atoms with Gasteiger partial charge in [0.05, 0.1) is 0 Å². The first kappa shape index (κ1) is 10.2. The molecule has 1 heterocycles. The SMILES string of the molecule is c1ccc2c(c1)Cc1cc(N3CCCC3)ccc1-2. The van der Waals surface area contributed by atoms with Crippen molar-refractivity contribution in [3.05, 3.63) is 53.6 Å². The highest BCUT2D eigenvalue weighted by Gasteiger charge is 2.20. The molecule has 0 saturated carbocycles. The van der Waals surface area contributed by atoms with Crippen molar-refractivity contribution < 1.29 is 0 Å². The quantitative estimate of drug-likeness (QED) is 0.619. The van der Waals surface area contributed by atoms with Gasteiger partial charge in [-0.25, -0.2) is 0 Å². The van der Waals surface area contributed by atoms with Gasteiger partial charge in [-0.15, -0.1) is 0 Å². The first-order valence-electron chi connectivity index (χ1n) is 6.88. The number of hydrogen-bond donors (Lipinski definition) is 0. The van der Waals surface area contributed by atoms with E-state index in [4.69, 9.17) is 0 Å². The highest BCUT2D eigenvalue weighted by Crippen LogP contribution is 2.38. The van der Waals surface area contributed by atoms with Crippen molar-refractivity contribution in [2.24, 2.45) is 0 Å². The van der Waals surface area contributed by atoms with E-state index >= 15 is 0 Å². The van der Waals surface area contributed by atoms with Gasteiger partial charge >= 0.3 is 0 Å². The van der Waals surface area contributed by atoms with E-state index in [1.54, 1.807) is 0 Å². The van der Waals surface area contributed by atoms with Crippen LogP contribution in [0.3, 0.4) is 0 Å². The average molecular weight is 235 g/mol. The lowest BCUT2D eigenvalue weighted by Gasteiger charge is -2.18. The molecule has 0 spiro atoms. The van der Waals surface area contributed by atoms with Crippen LogP contribution in [-0.4, -0.2) is 13.1 Å². The van der Waals surface area contributed by atoms with E-state index in [2.05, 4.69) is 47.4 Å². The fraction of sp³-hybridized carbons (Fsp3) is 0.294. The highest BCUT2D eigenvalue weighted by molar-refractivity contribution is 5.78. The topological polar surface area (TPSA) is 3.24 Å². The fourth-order valence-electron chi connectivity index (χ4n) is 3.30. The molecule has 0 amide bonds. The second kappa shape index (κ2) is 3.88. The maximum absolute atomic E-state index is 2.52. The summed E-state index contributed by atoms with van der Waals surface area (Å²) in [5, 5.41) is 0. The van der Waals surface area contributed by atoms with Crippen molar-refractivity contribution in [3.63, 3.8) is 0 Å². The maximum Gasteiger partial charge on any atom is 0.0369 e. The zero-order valence-electron chi connectivity index (χ0n) is 10.5. The molecule has 4 rings (SSSR count). The Morgan fingerprint density at radius 3 is 2.44 bits per heavy atom. The Morgan fingerprint density at radius 2 is 1.56 bits per heavy atom. The van der Waals surface area contributed by atoms with E-state index in [0.29, 0.717) is 0 Å². The molecule has 1 nitrogen and oxygen atoms in total. The molecular weight excluding hydrogens is 218 g/mol. The molecule has 2 aliphatic rings. The van der Waals surface area contributed by atoms with E-state index in [-0.39, 0.29) is 0 Å². The van der Waals surface area contributed by atoms with E-state index in [1.807, 2.05) is 0 Å². The number of anilines is 1. The molecule has 18 heavy (non-hydrogen) atoms. The second-order valence-corrected chi connectivity index (χ2v) is 5.37. The van der Waals surface area contributed by atoms with Crippen LogP contribution in [0.15, 0.2) is 42.5 Å². The van der Waals surface area contributed by atoms with Crippen LogP contribution in [-0.2, 0) is 6.42 Å². The van der Waals surface area contributed by atoms with Crippen molar-refractivity contribution >= 4 is 5.69 Å². The van der Waals surface area contributed by atoms with Crippen molar-refractivity contribution in [3.8, 4) is 11.1 Å². The van der Waals surface area contributed by atoms with Gasteiger partial charge in [0, 0.05) is 18.8 Å². The van der Waals surface area contributed by atoms with Crippen LogP contribution >= 0.6 is 0 Å². The summed E-state index contributed by atoms with van der Waals surface area (Å²) in [5.74, 6) is 0. The molecule has 0 unspecified atom stereocenters. The van der Waals surface area contributed by atoms with Gasteiger partial charge in [0.15, 0.2) is 0 Å². The molecule has 0 bridgehead atoms. The number of rotatable bonds is 1. The van der Waals surface area contributed by atoms with Crippen LogP contribution in [0.25, 0.3) is 11.1 Å². The standard InChI is InChI=1S/C17H17N/c1-2-6-16-13(5-1)11-14-12-15(7-8-17(14)16)18-9-3-4-10-18/h1-2,5-8,12H,3-4,9-11H2. The first-order valence-corrected chi connectivity index (χ1v) is 6.88. The summed E-state index contributed by atoms with van der Waals surface area (Å²) in [7, 11) is 0. The molecule has 0 aromatic heterocycles. The Balaban J connectivity index is 1.76. The molecular formula is C17H17N. The van der Waals surface area contributed by atoms with Crippen molar-refractivity contribution in [2.45, 2.75) is 19.3 Å². The molecule has 0 radical (unpaired) electrons. The number of benzene rings is 2. The molecule has 1 aliphatic carbocycles. The van der Waals surface area contributed by atoms with Gasteiger partial charge in [-0.1, -0.05) is 30.3 Å². The van der Waals surface area contributed by atoms with Gasteiger partial charge in [0.1, 0.15) is 0 Å². The van der Waals surface area contributed by atoms with Gasteiger partial charge in [0.2, 0.25) is 0 Å². The average Bonchev–Trinajstić information content (AvgIpc) is 3.05. The lowest BCUT2D eigenvalue weighted by Crippen LogP contribution is -2.17. The summed E-state index contributed by atoms with van der Waals surface area (Å²) < 4.78 is 0.